The quantitative estimate of drug-likeness (QED) is 0.879. The molecular weight excluding hydrogens is 314 g/mol. The Labute approximate surface area is 149 Å². The van der Waals surface area contributed by atoms with Gasteiger partial charge in [-0.15, -0.1) is 0 Å². The van der Waals surface area contributed by atoms with Crippen LogP contribution in [0, 0.1) is 0 Å². The molecule has 1 atom stereocenters. The highest BCUT2D eigenvalue weighted by atomic mass is 16.5. The van der Waals surface area contributed by atoms with E-state index in [1.54, 1.807) is 7.11 Å². The van der Waals surface area contributed by atoms with Crippen molar-refractivity contribution in [2.45, 2.75) is 24.4 Å². The molecule has 4 nitrogen and oxygen atoms in total. The smallest absolute Gasteiger partial charge is 0.230 e. The molecule has 4 heteroatoms. The Morgan fingerprint density at radius 1 is 1.08 bits per heavy atom. The SMILES string of the molecule is CO[C@H](CNC(=O)C1(c2ccccc2)CCOCC1)c1ccccc1. The molecule has 1 fully saturated rings. The number of rotatable bonds is 6. The van der Waals surface area contributed by atoms with Crippen LogP contribution in [0.3, 0.4) is 0 Å². The second-order valence-electron chi connectivity index (χ2n) is 6.41. The highest BCUT2D eigenvalue weighted by Gasteiger charge is 2.41. The molecule has 132 valence electrons. The first-order valence-electron chi connectivity index (χ1n) is 8.75. The third-order valence-corrected chi connectivity index (χ3v) is 5.01. The van der Waals surface area contributed by atoms with Crippen molar-refractivity contribution in [3.05, 3.63) is 71.8 Å². The van der Waals surface area contributed by atoms with Crippen molar-refractivity contribution < 1.29 is 14.3 Å². The van der Waals surface area contributed by atoms with E-state index < -0.39 is 5.41 Å². The van der Waals surface area contributed by atoms with Crippen molar-refractivity contribution in [3.63, 3.8) is 0 Å². The standard InChI is InChI=1S/C21H25NO3/c1-24-19(17-8-4-2-5-9-17)16-22-20(23)21(12-14-25-15-13-21)18-10-6-3-7-11-18/h2-11,19H,12-16H2,1H3,(H,22,23)/t19-/m1/s1. The minimum Gasteiger partial charge on any atom is -0.381 e. The third-order valence-electron chi connectivity index (χ3n) is 5.01. The van der Waals surface area contributed by atoms with E-state index in [1.165, 1.54) is 0 Å². The van der Waals surface area contributed by atoms with Gasteiger partial charge in [-0.05, 0) is 24.0 Å². The van der Waals surface area contributed by atoms with Crippen LogP contribution in [0.25, 0.3) is 0 Å². The summed E-state index contributed by atoms with van der Waals surface area (Å²) in [6, 6.07) is 20.0. The number of hydrogen-bond acceptors (Lipinski definition) is 3. The van der Waals surface area contributed by atoms with E-state index in [-0.39, 0.29) is 12.0 Å². The zero-order chi connectivity index (χ0) is 17.5. The van der Waals surface area contributed by atoms with Gasteiger partial charge in [0.15, 0.2) is 0 Å². The number of ether oxygens (including phenoxy) is 2. The number of amides is 1. The van der Waals surface area contributed by atoms with Gasteiger partial charge in [0.2, 0.25) is 5.91 Å². The monoisotopic (exact) mass is 339 g/mol. The first-order valence-corrected chi connectivity index (χ1v) is 8.75. The Bertz CT molecular complexity index is 666. The maximum absolute atomic E-state index is 13.1. The summed E-state index contributed by atoms with van der Waals surface area (Å²) in [6.07, 6.45) is 1.25. The second-order valence-corrected chi connectivity index (χ2v) is 6.41. The molecule has 0 aliphatic carbocycles. The Balaban J connectivity index is 1.75. The molecule has 0 bridgehead atoms. The van der Waals surface area contributed by atoms with Crippen LogP contribution in [0.4, 0.5) is 0 Å². The Hall–Kier alpha value is -2.17. The number of benzene rings is 2. The van der Waals surface area contributed by atoms with E-state index >= 15 is 0 Å². The van der Waals surface area contributed by atoms with Crippen LogP contribution in [0.2, 0.25) is 0 Å². The minimum atomic E-state index is -0.519. The molecule has 1 N–H and O–H groups in total. The summed E-state index contributed by atoms with van der Waals surface area (Å²) in [6.45, 7) is 1.66. The van der Waals surface area contributed by atoms with Crippen molar-refractivity contribution >= 4 is 5.91 Å². The lowest BCUT2D eigenvalue weighted by Gasteiger charge is -2.36. The lowest BCUT2D eigenvalue weighted by atomic mass is 9.73. The molecule has 1 heterocycles. The summed E-state index contributed by atoms with van der Waals surface area (Å²) in [5, 5.41) is 3.12. The number of carbonyl (C=O) groups is 1. The van der Waals surface area contributed by atoms with E-state index in [4.69, 9.17) is 9.47 Å². The molecule has 3 rings (SSSR count). The summed E-state index contributed by atoms with van der Waals surface area (Å²) < 4.78 is 11.1. The van der Waals surface area contributed by atoms with Crippen LogP contribution < -0.4 is 5.32 Å². The molecular formula is C21H25NO3. The maximum atomic E-state index is 13.1. The highest BCUT2D eigenvalue weighted by molar-refractivity contribution is 5.88. The summed E-state index contributed by atoms with van der Waals surface area (Å²) in [7, 11) is 1.67. The van der Waals surface area contributed by atoms with Gasteiger partial charge in [-0.2, -0.15) is 0 Å². The molecule has 2 aromatic carbocycles. The molecule has 0 radical (unpaired) electrons. The predicted molar refractivity (Wildman–Crippen MR) is 97.4 cm³/mol. The van der Waals surface area contributed by atoms with E-state index in [2.05, 4.69) is 5.32 Å². The Morgan fingerprint density at radius 2 is 1.68 bits per heavy atom. The molecule has 1 aliphatic rings. The van der Waals surface area contributed by atoms with Gasteiger partial charge in [-0.25, -0.2) is 0 Å². The molecule has 2 aromatic rings. The summed E-state index contributed by atoms with van der Waals surface area (Å²) in [5.41, 5.74) is 1.60. The molecule has 1 amide bonds. The van der Waals surface area contributed by atoms with Crippen molar-refractivity contribution in [3.8, 4) is 0 Å². The van der Waals surface area contributed by atoms with Crippen LogP contribution in [-0.4, -0.2) is 32.8 Å². The minimum absolute atomic E-state index is 0.0555. The topological polar surface area (TPSA) is 47.6 Å². The average Bonchev–Trinajstić information content (AvgIpc) is 2.70. The normalized spacial score (nSPS) is 17.6. The van der Waals surface area contributed by atoms with Gasteiger partial charge < -0.3 is 14.8 Å². The molecule has 0 aromatic heterocycles. The van der Waals surface area contributed by atoms with Gasteiger partial charge in [0, 0.05) is 26.9 Å². The van der Waals surface area contributed by atoms with E-state index in [9.17, 15) is 4.79 Å². The highest BCUT2D eigenvalue weighted by Crippen LogP contribution is 2.35. The van der Waals surface area contributed by atoms with Crippen molar-refractivity contribution in [1.82, 2.24) is 5.32 Å². The van der Waals surface area contributed by atoms with Crippen molar-refractivity contribution in [2.24, 2.45) is 0 Å². The summed E-state index contributed by atoms with van der Waals surface area (Å²) >= 11 is 0. The second kappa shape index (κ2) is 8.28. The van der Waals surface area contributed by atoms with Gasteiger partial charge in [-0.3, -0.25) is 4.79 Å². The predicted octanol–water partition coefficient (Wildman–Crippen LogP) is 3.24. The largest absolute Gasteiger partial charge is 0.381 e. The molecule has 0 unspecified atom stereocenters. The first-order chi connectivity index (χ1) is 12.3. The number of carbonyl (C=O) groups excluding carboxylic acids is 1. The molecule has 1 aliphatic heterocycles. The van der Waals surface area contributed by atoms with Gasteiger partial charge in [0.25, 0.3) is 0 Å². The van der Waals surface area contributed by atoms with Crippen molar-refractivity contribution in [2.75, 3.05) is 26.9 Å². The lowest BCUT2D eigenvalue weighted by molar-refractivity contribution is -0.131. The number of nitrogens with one attached hydrogen (secondary N) is 1. The fourth-order valence-electron chi connectivity index (χ4n) is 3.48. The number of methoxy groups -OCH3 is 1. The zero-order valence-corrected chi connectivity index (χ0v) is 14.6. The fourth-order valence-corrected chi connectivity index (χ4v) is 3.48. The van der Waals surface area contributed by atoms with Crippen molar-refractivity contribution in [1.29, 1.82) is 0 Å². The summed E-state index contributed by atoms with van der Waals surface area (Å²) in [4.78, 5) is 13.1. The summed E-state index contributed by atoms with van der Waals surface area (Å²) in [5.74, 6) is 0.0555. The zero-order valence-electron chi connectivity index (χ0n) is 14.6. The molecule has 25 heavy (non-hydrogen) atoms. The molecule has 0 saturated carbocycles. The van der Waals surface area contributed by atoms with Gasteiger partial charge in [0.1, 0.15) is 0 Å². The maximum Gasteiger partial charge on any atom is 0.230 e. The molecule has 0 spiro atoms. The Kier molecular flexibility index (Phi) is 5.84. The van der Waals surface area contributed by atoms with E-state index in [0.717, 1.165) is 11.1 Å². The fraction of sp³-hybridized carbons (Fsp3) is 0.381. The van der Waals surface area contributed by atoms with Crippen LogP contribution in [0.1, 0.15) is 30.1 Å². The average molecular weight is 339 g/mol. The Morgan fingerprint density at radius 3 is 2.28 bits per heavy atom. The third kappa shape index (κ3) is 3.91. The molecule has 1 saturated heterocycles. The lowest BCUT2D eigenvalue weighted by Crippen LogP contribution is -2.49. The van der Waals surface area contributed by atoms with Crippen LogP contribution in [0.15, 0.2) is 60.7 Å². The van der Waals surface area contributed by atoms with Gasteiger partial charge in [-0.1, -0.05) is 60.7 Å². The van der Waals surface area contributed by atoms with E-state index in [0.29, 0.717) is 32.6 Å². The van der Waals surface area contributed by atoms with Crippen LogP contribution >= 0.6 is 0 Å². The van der Waals surface area contributed by atoms with Gasteiger partial charge >= 0.3 is 0 Å². The van der Waals surface area contributed by atoms with Gasteiger partial charge in [0.05, 0.1) is 11.5 Å². The van der Waals surface area contributed by atoms with Crippen LogP contribution in [0.5, 0.6) is 0 Å². The first kappa shape index (κ1) is 17.6. The number of hydrogen-bond donors (Lipinski definition) is 1. The van der Waals surface area contributed by atoms with Crippen LogP contribution in [-0.2, 0) is 19.7 Å². The van der Waals surface area contributed by atoms with E-state index in [1.807, 2.05) is 60.7 Å².